The van der Waals surface area contributed by atoms with E-state index in [0.29, 0.717) is 30.2 Å². The van der Waals surface area contributed by atoms with Gasteiger partial charge in [-0.1, -0.05) is 18.5 Å². The zero-order valence-corrected chi connectivity index (χ0v) is 16.6. The molecule has 0 aromatic heterocycles. The summed E-state index contributed by atoms with van der Waals surface area (Å²) in [7, 11) is 3.27. The van der Waals surface area contributed by atoms with Gasteiger partial charge in [0.2, 0.25) is 5.91 Å². The Labute approximate surface area is 164 Å². The summed E-state index contributed by atoms with van der Waals surface area (Å²) in [6.45, 7) is 2.46. The summed E-state index contributed by atoms with van der Waals surface area (Å²) in [4.78, 5) is 11.7. The number of carbonyl (C=O) groups is 1. The Balaban J connectivity index is 1.83. The normalized spacial score (nSPS) is 15.0. The maximum Gasteiger partial charge on any atom is 0.220 e. The lowest BCUT2D eigenvalue weighted by molar-refractivity contribution is -0.121. The molecule has 1 heterocycles. The van der Waals surface area contributed by atoms with Crippen molar-refractivity contribution < 1.29 is 19.0 Å². The summed E-state index contributed by atoms with van der Waals surface area (Å²) >= 11 is 6.49. The predicted octanol–water partition coefficient (Wildman–Crippen LogP) is 4.24. The Bertz CT molecular complexity index is 837. The topological polar surface area (TPSA) is 56.8 Å². The quantitative estimate of drug-likeness (QED) is 0.769. The molecule has 1 N–H and O–H groups in total. The number of benzene rings is 2. The molecule has 1 aliphatic rings. The maximum atomic E-state index is 11.7. The summed E-state index contributed by atoms with van der Waals surface area (Å²) < 4.78 is 16.8. The predicted molar refractivity (Wildman–Crippen MR) is 106 cm³/mol. The van der Waals surface area contributed by atoms with E-state index >= 15 is 0 Å². The lowest BCUT2D eigenvalue weighted by atomic mass is 9.99. The second-order valence-corrected chi connectivity index (χ2v) is 6.92. The lowest BCUT2D eigenvalue weighted by Gasteiger charge is -2.13. The second-order valence-electron chi connectivity index (χ2n) is 6.51. The van der Waals surface area contributed by atoms with Gasteiger partial charge in [0.1, 0.15) is 23.4 Å². The van der Waals surface area contributed by atoms with Gasteiger partial charge in [0.25, 0.3) is 0 Å². The zero-order chi connectivity index (χ0) is 19.4. The highest BCUT2D eigenvalue weighted by molar-refractivity contribution is 6.32. The van der Waals surface area contributed by atoms with Gasteiger partial charge in [-0.3, -0.25) is 4.79 Å². The fourth-order valence-electron chi connectivity index (χ4n) is 3.24. The van der Waals surface area contributed by atoms with E-state index in [1.165, 1.54) is 0 Å². The summed E-state index contributed by atoms with van der Waals surface area (Å²) in [5, 5.41) is 3.47. The molecule has 3 rings (SSSR count). The zero-order valence-electron chi connectivity index (χ0n) is 15.8. The summed E-state index contributed by atoms with van der Waals surface area (Å²) in [5.74, 6) is 2.23. The minimum Gasteiger partial charge on any atom is -0.497 e. The number of halogens is 1. The van der Waals surface area contributed by atoms with Crippen molar-refractivity contribution >= 4 is 17.5 Å². The van der Waals surface area contributed by atoms with Crippen molar-refractivity contribution in [2.75, 3.05) is 20.8 Å². The van der Waals surface area contributed by atoms with E-state index < -0.39 is 0 Å². The Kier molecular flexibility index (Phi) is 6.11. The first-order chi connectivity index (χ1) is 13.0. The molecule has 0 saturated heterocycles. The number of hydrogen-bond donors (Lipinski definition) is 1. The Hall–Kier alpha value is -2.40. The average molecular weight is 390 g/mol. The molecule has 27 heavy (non-hydrogen) atoms. The molecule has 2 aromatic rings. The van der Waals surface area contributed by atoms with Gasteiger partial charge in [0.15, 0.2) is 0 Å². The van der Waals surface area contributed by atoms with Crippen molar-refractivity contribution in [3.8, 4) is 28.4 Å². The first-order valence-corrected chi connectivity index (χ1v) is 9.41. The Morgan fingerprint density at radius 2 is 2.07 bits per heavy atom. The monoisotopic (exact) mass is 389 g/mol. The molecular weight excluding hydrogens is 366 g/mol. The molecule has 1 aliphatic heterocycles. The number of carbonyl (C=O) groups excluding carboxylic acids is 1. The third-order valence-corrected chi connectivity index (χ3v) is 4.85. The number of methoxy groups -OCH3 is 2. The number of nitrogens with one attached hydrogen (secondary N) is 1. The smallest absolute Gasteiger partial charge is 0.220 e. The molecule has 1 amide bonds. The van der Waals surface area contributed by atoms with Crippen LogP contribution in [-0.2, 0) is 11.2 Å². The fraction of sp³-hybridized carbons (Fsp3) is 0.381. The first-order valence-electron chi connectivity index (χ1n) is 9.03. The molecular formula is C21H24ClNO4. The number of fused-ring (bicyclic) bond motifs is 1. The molecule has 1 unspecified atom stereocenters. The van der Waals surface area contributed by atoms with Crippen molar-refractivity contribution in [1.29, 1.82) is 0 Å². The summed E-state index contributed by atoms with van der Waals surface area (Å²) in [6, 6.07) is 9.59. The third kappa shape index (κ3) is 4.30. The van der Waals surface area contributed by atoms with Crippen LogP contribution in [0.4, 0.5) is 0 Å². The average Bonchev–Trinajstić information content (AvgIpc) is 3.09. The van der Waals surface area contributed by atoms with Crippen LogP contribution in [0.2, 0.25) is 5.02 Å². The minimum atomic E-state index is -0.110. The number of hydrogen-bond acceptors (Lipinski definition) is 4. The van der Waals surface area contributed by atoms with E-state index in [-0.39, 0.29) is 12.0 Å². The highest BCUT2D eigenvalue weighted by atomic mass is 35.5. The van der Waals surface area contributed by atoms with Crippen LogP contribution in [0.15, 0.2) is 30.3 Å². The van der Waals surface area contributed by atoms with E-state index in [1.807, 2.05) is 31.2 Å². The van der Waals surface area contributed by atoms with Gasteiger partial charge in [0.05, 0.1) is 25.8 Å². The van der Waals surface area contributed by atoms with E-state index in [4.69, 9.17) is 25.8 Å². The minimum absolute atomic E-state index is 0.0463. The van der Waals surface area contributed by atoms with E-state index in [2.05, 4.69) is 11.4 Å². The summed E-state index contributed by atoms with van der Waals surface area (Å²) in [5.41, 5.74) is 2.87. The van der Waals surface area contributed by atoms with Gasteiger partial charge < -0.3 is 19.5 Å². The van der Waals surface area contributed by atoms with Crippen LogP contribution < -0.4 is 19.5 Å². The van der Waals surface area contributed by atoms with Crippen LogP contribution in [0.25, 0.3) is 11.1 Å². The van der Waals surface area contributed by atoms with Gasteiger partial charge in [-0.25, -0.2) is 0 Å². The van der Waals surface area contributed by atoms with E-state index in [1.54, 1.807) is 14.2 Å². The van der Waals surface area contributed by atoms with Gasteiger partial charge in [0, 0.05) is 24.0 Å². The molecule has 5 nitrogen and oxygen atoms in total. The molecule has 6 heteroatoms. The number of amides is 1. The highest BCUT2D eigenvalue weighted by Gasteiger charge is 2.27. The molecule has 0 saturated carbocycles. The second kappa shape index (κ2) is 8.53. The Morgan fingerprint density at radius 1 is 1.26 bits per heavy atom. The molecule has 0 radical (unpaired) electrons. The van der Waals surface area contributed by atoms with Gasteiger partial charge >= 0.3 is 0 Å². The number of ether oxygens (including phenoxy) is 3. The van der Waals surface area contributed by atoms with Crippen molar-refractivity contribution in [3.05, 3.63) is 40.9 Å². The summed E-state index contributed by atoms with van der Waals surface area (Å²) in [6.07, 6.45) is 1.94. The molecule has 0 fully saturated rings. The van der Waals surface area contributed by atoms with Crippen molar-refractivity contribution in [2.24, 2.45) is 0 Å². The molecule has 0 spiro atoms. The van der Waals surface area contributed by atoms with Crippen LogP contribution >= 0.6 is 11.6 Å². The molecule has 144 valence electrons. The van der Waals surface area contributed by atoms with Crippen LogP contribution in [0.5, 0.6) is 17.2 Å². The first kappa shape index (κ1) is 19.4. The number of rotatable bonds is 7. The van der Waals surface area contributed by atoms with Crippen LogP contribution in [0.3, 0.4) is 0 Å². The van der Waals surface area contributed by atoms with Crippen molar-refractivity contribution in [2.45, 2.75) is 32.3 Å². The van der Waals surface area contributed by atoms with Gasteiger partial charge in [-0.2, -0.15) is 0 Å². The highest BCUT2D eigenvalue weighted by Crippen LogP contribution is 2.42. The van der Waals surface area contributed by atoms with E-state index in [9.17, 15) is 4.79 Å². The lowest BCUT2D eigenvalue weighted by Crippen LogP contribution is -2.34. The fourth-order valence-corrected chi connectivity index (χ4v) is 3.52. The van der Waals surface area contributed by atoms with Gasteiger partial charge in [-0.05, 0) is 42.3 Å². The maximum absolute atomic E-state index is 11.7. The molecule has 0 aliphatic carbocycles. The Morgan fingerprint density at radius 3 is 2.78 bits per heavy atom. The molecule has 0 bridgehead atoms. The van der Waals surface area contributed by atoms with Crippen LogP contribution in [0.1, 0.15) is 25.3 Å². The van der Waals surface area contributed by atoms with Gasteiger partial charge in [-0.15, -0.1) is 0 Å². The van der Waals surface area contributed by atoms with Crippen LogP contribution in [-0.4, -0.2) is 32.8 Å². The SMILES string of the molecule is CCCC(=O)NCC1Cc2cc(-c3cc(OC)ccc3OC)cc(Cl)c2O1. The van der Waals surface area contributed by atoms with Crippen molar-refractivity contribution in [3.63, 3.8) is 0 Å². The standard InChI is InChI=1S/C21H24ClNO4/c1-4-5-20(24)23-12-16-9-14-8-13(10-18(22)21(14)27-16)17-11-15(25-2)6-7-19(17)26-3/h6-8,10-11,16H,4-5,9,12H2,1-3H3,(H,23,24). The largest absolute Gasteiger partial charge is 0.497 e. The van der Waals surface area contributed by atoms with Crippen molar-refractivity contribution in [1.82, 2.24) is 5.32 Å². The van der Waals surface area contributed by atoms with Crippen LogP contribution in [0, 0.1) is 0 Å². The third-order valence-electron chi connectivity index (χ3n) is 4.57. The molecule has 2 aromatic carbocycles. The van der Waals surface area contributed by atoms with E-state index in [0.717, 1.165) is 34.6 Å². The molecule has 1 atom stereocenters.